The van der Waals surface area contributed by atoms with Gasteiger partial charge in [-0.2, -0.15) is 5.10 Å². The van der Waals surface area contributed by atoms with E-state index in [2.05, 4.69) is 10.4 Å². The number of amides is 1. The van der Waals surface area contributed by atoms with Gasteiger partial charge in [0.05, 0.1) is 6.20 Å². The maximum absolute atomic E-state index is 13.4. The van der Waals surface area contributed by atoms with E-state index in [0.717, 1.165) is 17.7 Å². The van der Waals surface area contributed by atoms with E-state index in [-0.39, 0.29) is 13.1 Å². The van der Waals surface area contributed by atoms with Crippen molar-refractivity contribution in [2.75, 3.05) is 13.1 Å². The third-order valence-electron chi connectivity index (χ3n) is 4.57. The summed E-state index contributed by atoms with van der Waals surface area (Å²) in [7, 11) is 1.82. The summed E-state index contributed by atoms with van der Waals surface area (Å²) in [4.78, 5) is 14.2. The van der Waals surface area contributed by atoms with E-state index in [1.54, 1.807) is 10.9 Å². The summed E-state index contributed by atoms with van der Waals surface area (Å²) in [6.07, 6.45) is 4.57. The molecule has 0 saturated carbocycles. The fraction of sp³-hybridized carbons (Fsp3) is 0.444. The van der Waals surface area contributed by atoms with Gasteiger partial charge in [-0.25, -0.2) is 8.78 Å². The van der Waals surface area contributed by atoms with Gasteiger partial charge in [-0.05, 0) is 30.5 Å². The Hall–Kier alpha value is -2.32. The van der Waals surface area contributed by atoms with Gasteiger partial charge in [0.2, 0.25) is 0 Å². The highest BCUT2D eigenvalue weighted by atomic mass is 19.2. The van der Waals surface area contributed by atoms with Crippen LogP contribution in [0.2, 0.25) is 0 Å². The molecule has 3 rings (SSSR count). The molecule has 1 aromatic carbocycles. The predicted octanol–water partition coefficient (Wildman–Crippen LogP) is 1.34. The van der Waals surface area contributed by atoms with Crippen molar-refractivity contribution in [2.24, 2.45) is 7.05 Å². The molecule has 0 radical (unpaired) electrons. The lowest BCUT2D eigenvalue weighted by Gasteiger charge is -2.38. The quantitative estimate of drug-likeness (QED) is 0.812. The Morgan fingerprint density at radius 2 is 2.12 bits per heavy atom. The van der Waals surface area contributed by atoms with E-state index in [4.69, 9.17) is 0 Å². The molecule has 8 heteroatoms. The van der Waals surface area contributed by atoms with Crippen LogP contribution in [0.25, 0.3) is 0 Å². The van der Waals surface area contributed by atoms with Crippen molar-refractivity contribution in [3.8, 4) is 0 Å². The lowest BCUT2D eigenvalue weighted by atomic mass is 9.91. The van der Waals surface area contributed by atoms with Gasteiger partial charge in [-0.1, -0.05) is 6.07 Å². The van der Waals surface area contributed by atoms with Gasteiger partial charge >= 0.3 is 0 Å². The Labute approximate surface area is 150 Å². The molecule has 1 atom stereocenters. The van der Waals surface area contributed by atoms with Crippen LogP contribution in [0, 0.1) is 11.6 Å². The zero-order valence-electron chi connectivity index (χ0n) is 14.6. The first-order valence-electron chi connectivity index (χ1n) is 8.51. The Morgan fingerprint density at radius 1 is 1.31 bits per heavy atom. The molecule has 1 aliphatic rings. The van der Waals surface area contributed by atoms with Crippen molar-refractivity contribution >= 4 is 5.91 Å². The van der Waals surface area contributed by atoms with Gasteiger partial charge in [0.15, 0.2) is 17.2 Å². The van der Waals surface area contributed by atoms with Crippen LogP contribution in [0.4, 0.5) is 8.78 Å². The minimum Gasteiger partial charge on any atom is -0.379 e. The van der Waals surface area contributed by atoms with Crippen molar-refractivity contribution in [2.45, 2.75) is 31.5 Å². The third-order valence-corrected chi connectivity index (χ3v) is 4.57. The first-order valence-corrected chi connectivity index (χ1v) is 8.51. The van der Waals surface area contributed by atoms with Crippen molar-refractivity contribution in [3.05, 3.63) is 53.4 Å². The molecule has 1 saturated heterocycles. The summed E-state index contributed by atoms with van der Waals surface area (Å²) < 4.78 is 28.1. The van der Waals surface area contributed by atoms with Crippen LogP contribution < -0.4 is 5.32 Å². The zero-order chi connectivity index (χ0) is 18.7. The molecule has 0 unspecified atom stereocenters. The minimum absolute atomic E-state index is 0.120. The van der Waals surface area contributed by atoms with E-state index >= 15 is 0 Å². The van der Waals surface area contributed by atoms with Crippen molar-refractivity contribution < 1.29 is 18.7 Å². The van der Waals surface area contributed by atoms with Crippen LogP contribution in [0.15, 0.2) is 30.6 Å². The number of rotatable bonds is 6. The molecule has 140 valence electrons. The number of carbonyl (C=O) groups excluding carboxylic acids is 1. The molecule has 6 nitrogen and oxygen atoms in total. The molecule has 0 bridgehead atoms. The van der Waals surface area contributed by atoms with Gasteiger partial charge in [-0.15, -0.1) is 0 Å². The van der Waals surface area contributed by atoms with E-state index in [0.29, 0.717) is 31.5 Å². The van der Waals surface area contributed by atoms with Gasteiger partial charge in [0.25, 0.3) is 5.91 Å². The van der Waals surface area contributed by atoms with Gasteiger partial charge in [0.1, 0.15) is 0 Å². The molecule has 2 aromatic rings. The van der Waals surface area contributed by atoms with Crippen LogP contribution >= 0.6 is 0 Å². The van der Waals surface area contributed by atoms with Crippen LogP contribution in [0.5, 0.6) is 0 Å². The number of nitrogens with zero attached hydrogens (tertiary/aromatic N) is 3. The van der Waals surface area contributed by atoms with E-state index in [1.165, 1.54) is 11.0 Å². The van der Waals surface area contributed by atoms with Crippen LogP contribution in [-0.4, -0.2) is 44.4 Å². The maximum Gasteiger partial charge on any atom is 0.256 e. The van der Waals surface area contributed by atoms with E-state index in [1.807, 2.05) is 13.2 Å². The van der Waals surface area contributed by atoms with Crippen LogP contribution in [0.3, 0.4) is 0 Å². The van der Waals surface area contributed by atoms with Crippen LogP contribution in [-0.2, 0) is 24.9 Å². The lowest BCUT2D eigenvalue weighted by Crippen LogP contribution is -2.57. The molecular weight excluding hydrogens is 342 g/mol. The average molecular weight is 364 g/mol. The van der Waals surface area contributed by atoms with Gasteiger partial charge in [0, 0.05) is 45.0 Å². The molecule has 1 aliphatic heterocycles. The molecule has 2 N–H and O–H groups in total. The molecule has 1 amide bonds. The fourth-order valence-electron chi connectivity index (χ4n) is 3.22. The molecule has 0 aliphatic carbocycles. The van der Waals surface area contributed by atoms with Crippen molar-refractivity contribution in [1.82, 2.24) is 20.0 Å². The lowest BCUT2D eigenvalue weighted by molar-refractivity contribution is -0.157. The first-order chi connectivity index (χ1) is 12.4. The smallest absolute Gasteiger partial charge is 0.256 e. The van der Waals surface area contributed by atoms with E-state index < -0.39 is 23.1 Å². The Bertz CT molecular complexity index is 795. The summed E-state index contributed by atoms with van der Waals surface area (Å²) in [5, 5.41) is 17.9. The topological polar surface area (TPSA) is 70.4 Å². The largest absolute Gasteiger partial charge is 0.379 e. The number of halogens is 2. The molecule has 1 aromatic heterocycles. The summed E-state index contributed by atoms with van der Waals surface area (Å²) in [5.74, 6) is -2.26. The standard InChI is InChI=1S/C18H22F2N4O2/c1-23-10-14(9-22-23)8-21-12-18(26)5-2-6-24(17(18)25)11-13-3-4-15(19)16(20)7-13/h3-4,7,9-10,21,26H,2,5-6,8,11-12H2,1H3/t18-/m0/s1. The number of carbonyl (C=O) groups is 1. The fourth-order valence-corrected chi connectivity index (χ4v) is 3.22. The Balaban J connectivity index is 1.61. The summed E-state index contributed by atoms with van der Waals surface area (Å²) in [6, 6.07) is 3.57. The maximum atomic E-state index is 13.4. The molecular formula is C18H22F2N4O2. The number of piperidine rings is 1. The number of likely N-dealkylation sites (tertiary alicyclic amines) is 1. The number of aliphatic hydroxyl groups is 1. The summed E-state index contributed by atoms with van der Waals surface area (Å²) in [5.41, 5.74) is -0.0539. The van der Waals surface area contributed by atoms with Gasteiger partial charge in [-0.3, -0.25) is 9.48 Å². The number of nitrogens with one attached hydrogen (secondary N) is 1. The SMILES string of the molecule is Cn1cc(CNC[C@@]2(O)CCCN(Cc3ccc(F)c(F)c3)C2=O)cn1. The summed E-state index contributed by atoms with van der Waals surface area (Å²) >= 11 is 0. The number of aryl methyl sites for hydroxylation is 1. The zero-order valence-corrected chi connectivity index (χ0v) is 14.6. The second kappa shape index (κ2) is 7.51. The average Bonchev–Trinajstić information content (AvgIpc) is 3.01. The molecule has 1 fully saturated rings. The Morgan fingerprint density at radius 3 is 2.81 bits per heavy atom. The van der Waals surface area contributed by atoms with Crippen LogP contribution in [0.1, 0.15) is 24.0 Å². The third kappa shape index (κ3) is 4.08. The second-order valence-corrected chi connectivity index (χ2v) is 6.74. The normalized spacial score (nSPS) is 20.6. The molecule has 0 spiro atoms. The highest BCUT2D eigenvalue weighted by molar-refractivity contribution is 5.86. The summed E-state index contributed by atoms with van der Waals surface area (Å²) in [6.45, 7) is 1.23. The minimum atomic E-state index is -1.50. The number of hydrogen-bond donors (Lipinski definition) is 2. The van der Waals surface area contributed by atoms with E-state index in [9.17, 15) is 18.7 Å². The van der Waals surface area contributed by atoms with Crippen molar-refractivity contribution in [3.63, 3.8) is 0 Å². The number of hydrogen-bond acceptors (Lipinski definition) is 4. The predicted molar refractivity (Wildman–Crippen MR) is 90.9 cm³/mol. The number of benzene rings is 1. The molecule has 26 heavy (non-hydrogen) atoms. The highest BCUT2D eigenvalue weighted by Crippen LogP contribution is 2.24. The number of aromatic nitrogens is 2. The first kappa shape index (κ1) is 18.5. The Kier molecular flexibility index (Phi) is 5.33. The monoisotopic (exact) mass is 364 g/mol. The second-order valence-electron chi connectivity index (χ2n) is 6.74. The molecule has 2 heterocycles. The van der Waals surface area contributed by atoms with Gasteiger partial charge < -0.3 is 15.3 Å². The van der Waals surface area contributed by atoms with Crippen molar-refractivity contribution in [1.29, 1.82) is 0 Å². The highest BCUT2D eigenvalue weighted by Gasteiger charge is 2.41.